The van der Waals surface area contributed by atoms with E-state index in [1.807, 2.05) is 32.6 Å². The molecular weight excluding hydrogens is 280 g/mol. The third-order valence-corrected chi connectivity index (χ3v) is 4.56. The minimum Gasteiger partial charge on any atom is -0.375 e. The Morgan fingerprint density at radius 3 is 2.55 bits per heavy atom. The first-order valence-electron chi connectivity index (χ1n) is 8.34. The lowest BCUT2D eigenvalue weighted by Crippen LogP contribution is -2.50. The molecule has 0 radical (unpaired) electrons. The zero-order valence-corrected chi connectivity index (χ0v) is 14.6. The van der Waals surface area contributed by atoms with Gasteiger partial charge in [-0.2, -0.15) is 0 Å². The van der Waals surface area contributed by atoms with Gasteiger partial charge in [0.05, 0.1) is 12.7 Å². The summed E-state index contributed by atoms with van der Waals surface area (Å²) >= 11 is 0. The molecule has 1 aliphatic carbocycles. The van der Waals surface area contributed by atoms with Crippen molar-refractivity contribution in [3.8, 4) is 0 Å². The molecule has 126 valence electrons. The fourth-order valence-corrected chi connectivity index (χ4v) is 2.76. The van der Waals surface area contributed by atoms with Crippen molar-refractivity contribution in [2.24, 2.45) is 11.3 Å². The van der Waals surface area contributed by atoms with E-state index in [-0.39, 0.29) is 34.8 Å². The van der Waals surface area contributed by atoms with Gasteiger partial charge in [-0.15, -0.1) is 0 Å². The molecule has 1 saturated heterocycles. The Balaban J connectivity index is 1.84. The van der Waals surface area contributed by atoms with E-state index in [1.54, 1.807) is 0 Å². The lowest BCUT2D eigenvalue weighted by atomic mass is 9.93. The van der Waals surface area contributed by atoms with Gasteiger partial charge in [-0.25, -0.2) is 0 Å². The number of rotatable bonds is 4. The number of carbonyl (C=O) groups is 2. The van der Waals surface area contributed by atoms with E-state index in [2.05, 4.69) is 12.2 Å². The Hall–Kier alpha value is -1.10. The molecule has 0 aromatic rings. The van der Waals surface area contributed by atoms with E-state index < -0.39 is 0 Å². The minimum atomic E-state index is -0.370. The standard InChI is InChI=1S/C17H30N2O3/c1-12(14(20)18-17(5)6-7-17)10-13-11-19(8-9-22-13)15(21)16(2,3)4/h12-13H,6-11H2,1-5H3,(H,18,20). The Morgan fingerprint density at radius 1 is 1.36 bits per heavy atom. The number of nitrogens with one attached hydrogen (secondary N) is 1. The second-order valence-electron chi connectivity index (χ2n) is 8.18. The topological polar surface area (TPSA) is 58.6 Å². The van der Waals surface area contributed by atoms with E-state index in [0.29, 0.717) is 26.1 Å². The summed E-state index contributed by atoms with van der Waals surface area (Å²) in [5, 5.41) is 3.10. The van der Waals surface area contributed by atoms with Crippen LogP contribution < -0.4 is 5.32 Å². The molecule has 0 aromatic heterocycles. The third kappa shape index (κ3) is 4.45. The maximum absolute atomic E-state index is 12.4. The maximum atomic E-state index is 12.4. The third-order valence-electron chi connectivity index (χ3n) is 4.56. The summed E-state index contributed by atoms with van der Waals surface area (Å²) in [6.45, 7) is 11.6. The van der Waals surface area contributed by atoms with Gasteiger partial charge in [-0.3, -0.25) is 9.59 Å². The second-order valence-corrected chi connectivity index (χ2v) is 8.18. The highest BCUT2D eigenvalue weighted by atomic mass is 16.5. The van der Waals surface area contributed by atoms with Crippen LogP contribution in [0.15, 0.2) is 0 Å². The summed E-state index contributed by atoms with van der Waals surface area (Å²) in [5.74, 6) is 0.165. The molecule has 2 amide bonds. The molecule has 1 aliphatic heterocycles. The summed E-state index contributed by atoms with van der Waals surface area (Å²) in [4.78, 5) is 26.4. The molecule has 1 heterocycles. The van der Waals surface area contributed by atoms with E-state index in [4.69, 9.17) is 4.74 Å². The first kappa shape index (κ1) is 17.3. The molecule has 2 fully saturated rings. The molecule has 5 nitrogen and oxygen atoms in total. The quantitative estimate of drug-likeness (QED) is 0.863. The number of amides is 2. The van der Waals surface area contributed by atoms with Crippen molar-refractivity contribution in [3.05, 3.63) is 0 Å². The van der Waals surface area contributed by atoms with Gasteiger partial charge in [-0.1, -0.05) is 27.7 Å². The SMILES string of the molecule is CC(CC1CN(C(=O)C(C)(C)C)CCO1)C(=O)NC1(C)CC1. The average Bonchev–Trinajstić information content (AvgIpc) is 3.14. The van der Waals surface area contributed by atoms with Crippen LogP contribution in [0.25, 0.3) is 0 Å². The van der Waals surface area contributed by atoms with Crippen LogP contribution in [0.5, 0.6) is 0 Å². The monoisotopic (exact) mass is 310 g/mol. The van der Waals surface area contributed by atoms with Crippen LogP contribution >= 0.6 is 0 Å². The molecule has 2 unspecified atom stereocenters. The van der Waals surface area contributed by atoms with Crippen molar-refractivity contribution in [2.45, 2.75) is 65.5 Å². The number of hydrogen-bond acceptors (Lipinski definition) is 3. The van der Waals surface area contributed by atoms with Crippen LogP contribution in [0.4, 0.5) is 0 Å². The number of nitrogens with zero attached hydrogens (tertiary/aromatic N) is 1. The van der Waals surface area contributed by atoms with E-state index in [1.165, 1.54) is 0 Å². The Bertz CT molecular complexity index is 438. The van der Waals surface area contributed by atoms with E-state index >= 15 is 0 Å². The van der Waals surface area contributed by atoms with Gasteiger partial charge in [-0.05, 0) is 26.2 Å². The van der Waals surface area contributed by atoms with Crippen molar-refractivity contribution < 1.29 is 14.3 Å². The van der Waals surface area contributed by atoms with Gasteiger partial charge < -0.3 is 15.0 Å². The molecule has 0 spiro atoms. The smallest absolute Gasteiger partial charge is 0.228 e. The zero-order valence-electron chi connectivity index (χ0n) is 14.6. The summed E-state index contributed by atoms with van der Waals surface area (Å²) in [6.07, 6.45) is 2.75. The summed E-state index contributed by atoms with van der Waals surface area (Å²) < 4.78 is 5.76. The molecule has 5 heteroatoms. The number of hydrogen-bond donors (Lipinski definition) is 1. The van der Waals surface area contributed by atoms with E-state index in [9.17, 15) is 9.59 Å². The lowest BCUT2D eigenvalue weighted by Gasteiger charge is -2.37. The first-order valence-corrected chi connectivity index (χ1v) is 8.34. The number of ether oxygens (including phenoxy) is 1. The van der Waals surface area contributed by atoms with Crippen molar-refractivity contribution in [3.63, 3.8) is 0 Å². The molecule has 1 saturated carbocycles. The fourth-order valence-electron chi connectivity index (χ4n) is 2.76. The molecule has 1 N–H and O–H groups in total. The van der Waals surface area contributed by atoms with Crippen molar-refractivity contribution in [1.82, 2.24) is 10.2 Å². The first-order chi connectivity index (χ1) is 10.1. The van der Waals surface area contributed by atoms with Gasteiger partial charge in [0.15, 0.2) is 0 Å². The van der Waals surface area contributed by atoms with Crippen LogP contribution in [0.1, 0.15) is 53.9 Å². The highest BCUT2D eigenvalue weighted by molar-refractivity contribution is 5.81. The van der Waals surface area contributed by atoms with Gasteiger partial charge in [0.2, 0.25) is 11.8 Å². The average molecular weight is 310 g/mol. The Morgan fingerprint density at radius 2 is 2.00 bits per heavy atom. The van der Waals surface area contributed by atoms with Crippen LogP contribution in [-0.4, -0.2) is 48.1 Å². The second kappa shape index (κ2) is 6.19. The number of carbonyl (C=O) groups excluding carboxylic acids is 2. The summed E-state index contributed by atoms with van der Waals surface area (Å²) in [5.41, 5.74) is -0.349. The molecular formula is C17H30N2O3. The van der Waals surface area contributed by atoms with Crippen molar-refractivity contribution >= 4 is 11.8 Å². The molecule has 2 atom stereocenters. The molecule has 22 heavy (non-hydrogen) atoms. The van der Waals surface area contributed by atoms with Gasteiger partial charge in [0.25, 0.3) is 0 Å². The summed E-state index contributed by atoms with van der Waals surface area (Å²) in [7, 11) is 0. The van der Waals surface area contributed by atoms with E-state index in [0.717, 1.165) is 12.8 Å². The highest BCUT2D eigenvalue weighted by Crippen LogP contribution is 2.34. The van der Waals surface area contributed by atoms with Crippen LogP contribution in [-0.2, 0) is 14.3 Å². The van der Waals surface area contributed by atoms with Gasteiger partial charge >= 0.3 is 0 Å². The Labute approximate surface area is 133 Å². The lowest BCUT2D eigenvalue weighted by molar-refractivity contribution is -0.148. The molecule has 2 rings (SSSR count). The molecule has 2 aliphatic rings. The van der Waals surface area contributed by atoms with Crippen LogP contribution in [0, 0.1) is 11.3 Å². The zero-order chi connectivity index (χ0) is 16.5. The molecule has 0 aromatic carbocycles. The maximum Gasteiger partial charge on any atom is 0.228 e. The minimum absolute atomic E-state index is 0.0208. The molecule has 0 bridgehead atoms. The predicted molar refractivity (Wildman–Crippen MR) is 85.3 cm³/mol. The fraction of sp³-hybridized carbons (Fsp3) is 0.882. The predicted octanol–water partition coefficient (Wildman–Crippen LogP) is 1.95. The van der Waals surface area contributed by atoms with Gasteiger partial charge in [0, 0.05) is 30.0 Å². The van der Waals surface area contributed by atoms with Crippen LogP contribution in [0.2, 0.25) is 0 Å². The highest BCUT2D eigenvalue weighted by Gasteiger charge is 2.40. The van der Waals surface area contributed by atoms with Crippen molar-refractivity contribution in [2.75, 3.05) is 19.7 Å². The van der Waals surface area contributed by atoms with Gasteiger partial charge in [0.1, 0.15) is 0 Å². The normalized spacial score (nSPS) is 25.5. The summed E-state index contributed by atoms with van der Waals surface area (Å²) in [6, 6.07) is 0. The van der Waals surface area contributed by atoms with Crippen molar-refractivity contribution in [1.29, 1.82) is 0 Å². The largest absolute Gasteiger partial charge is 0.375 e. The van der Waals surface area contributed by atoms with Crippen LogP contribution in [0.3, 0.4) is 0 Å². The number of morpholine rings is 1. The Kier molecular flexibility index (Phi) is 4.85.